The molecule has 1 aliphatic heterocycles. The molecule has 0 radical (unpaired) electrons. The molecule has 1 fully saturated rings. The maximum absolute atomic E-state index is 11.9. The number of rotatable bonds is 2. The van der Waals surface area contributed by atoms with Crippen molar-refractivity contribution in [3.8, 4) is 0 Å². The summed E-state index contributed by atoms with van der Waals surface area (Å²) < 4.78 is 0. The van der Waals surface area contributed by atoms with Crippen LogP contribution in [0.4, 0.5) is 11.4 Å². The minimum absolute atomic E-state index is 0.0227. The molecule has 7 nitrogen and oxygen atoms in total. The molecule has 20 heavy (non-hydrogen) atoms. The lowest BCUT2D eigenvalue weighted by Crippen LogP contribution is -2.64. The summed E-state index contributed by atoms with van der Waals surface area (Å²) in [5, 5.41) is 2.27. The molecule has 0 spiro atoms. The number of benzene rings is 1. The Kier molecular flexibility index (Phi) is 3.13. The molecule has 0 atom stereocenters. The van der Waals surface area contributed by atoms with Gasteiger partial charge in [-0.2, -0.15) is 0 Å². The second-order valence-electron chi connectivity index (χ2n) is 5.13. The number of piperazine rings is 1. The fourth-order valence-electron chi connectivity index (χ4n) is 2.17. The number of nitrogens with two attached hydrogens (primary N) is 2. The van der Waals surface area contributed by atoms with Crippen molar-refractivity contribution < 1.29 is 14.4 Å². The fourth-order valence-corrected chi connectivity index (χ4v) is 2.17. The van der Waals surface area contributed by atoms with Crippen molar-refractivity contribution in [2.24, 2.45) is 5.73 Å². The predicted molar refractivity (Wildman–Crippen MR) is 73.9 cm³/mol. The van der Waals surface area contributed by atoms with Gasteiger partial charge in [-0.1, -0.05) is 6.07 Å². The molecule has 3 amide bonds. The summed E-state index contributed by atoms with van der Waals surface area (Å²) in [6.45, 7) is 3.32. The highest BCUT2D eigenvalue weighted by molar-refractivity contribution is 6.08. The third-order valence-electron chi connectivity index (χ3n) is 3.42. The van der Waals surface area contributed by atoms with Crippen LogP contribution in [-0.2, 0) is 9.59 Å². The molecule has 0 unspecified atom stereocenters. The maximum Gasteiger partial charge on any atom is 0.251 e. The van der Waals surface area contributed by atoms with Gasteiger partial charge in [0.15, 0.2) is 0 Å². The van der Waals surface area contributed by atoms with Crippen LogP contribution >= 0.6 is 0 Å². The number of nitrogen functional groups attached to an aromatic ring is 1. The second kappa shape index (κ2) is 4.52. The zero-order valence-corrected chi connectivity index (χ0v) is 11.3. The first-order chi connectivity index (χ1) is 9.25. The van der Waals surface area contributed by atoms with E-state index >= 15 is 0 Å². The minimum atomic E-state index is -0.960. The Bertz CT molecular complexity index is 610. The van der Waals surface area contributed by atoms with Crippen molar-refractivity contribution in [2.45, 2.75) is 19.4 Å². The van der Waals surface area contributed by atoms with Gasteiger partial charge >= 0.3 is 0 Å². The topological polar surface area (TPSA) is 119 Å². The van der Waals surface area contributed by atoms with E-state index in [1.807, 2.05) is 0 Å². The van der Waals surface area contributed by atoms with Gasteiger partial charge in [0.05, 0.1) is 23.5 Å². The predicted octanol–water partition coefficient (Wildman–Crippen LogP) is -0.391. The standard InChI is InChI=1S/C13H16N4O3/c1-13(2)12(20)16-9(18)6-17(13)8-5-3-4-7(10(8)14)11(15)19/h3-5H,6,14H2,1-2H3,(H2,15,19)(H,16,18,20). The molecule has 1 saturated heterocycles. The molecular weight excluding hydrogens is 260 g/mol. The molecule has 7 heteroatoms. The van der Waals surface area contributed by atoms with Crippen LogP contribution < -0.4 is 21.7 Å². The van der Waals surface area contributed by atoms with Crippen LogP contribution in [0.5, 0.6) is 0 Å². The molecule has 106 valence electrons. The Morgan fingerprint density at radius 2 is 2.00 bits per heavy atom. The first-order valence-electron chi connectivity index (χ1n) is 6.05. The number of hydrogen-bond donors (Lipinski definition) is 3. The first kappa shape index (κ1) is 13.9. The van der Waals surface area contributed by atoms with Crippen molar-refractivity contribution in [1.82, 2.24) is 5.32 Å². The zero-order valence-electron chi connectivity index (χ0n) is 11.3. The molecule has 0 aromatic heterocycles. The number of imide groups is 1. The van der Waals surface area contributed by atoms with E-state index in [0.717, 1.165) is 0 Å². The lowest BCUT2D eigenvalue weighted by Gasteiger charge is -2.42. The Morgan fingerprint density at radius 1 is 1.35 bits per heavy atom. The average molecular weight is 276 g/mol. The normalized spacial score (nSPS) is 17.8. The first-order valence-corrected chi connectivity index (χ1v) is 6.05. The molecule has 5 N–H and O–H groups in total. The third kappa shape index (κ3) is 2.07. The number of primary amides is 1. The number of hydrogen-bond acceptors (Lipinski definition) is 5. The third-order valence-corrected chi connectivity index (χ3v) is 3.42. The summed E-state index contributed by atoms with van der Waals surface area (Å²) in [5.74, 6) is -1.49. The Balaban J connectivity index is 2.55. The smallest absolute Gasteiger partial charge is 0.251 e. The lowest BCUT2D eigenvalue weighted by molar-refractivity contribution is -0.135. The zero-order chi connectivity index (χ0) is 15.1. The molecular formula is C13H16N4O3. The Morgan fingerprint density at radius 3 is 2.60 bits per heavy atom. The summed E-state index contributed by atoms with van der Waals surface area (Å²) in [5.41, 5.74) is 11.0. The molecule has 1 aromatic carbocycles. The lowest BCUT2D eigenvalue weighted by atomic mass is 9.96. The summed E-state index contributed by atoms with van der Waals surface area (Å²) in [4.78, 5) is 36.4. The van der Waals surface area contributed by atoms with Crippen molar-refractivity contribution >= 4 is 29.1 Å². The summed E-state index contributed by atoms with van der Waals surface area (Å²) in [6.07, 6.45) is 0. The van der Waals surface area contributed by atoms with Gasteiger partial charge in [-0.05, 0) is 26.0 Å². The monoisotopic (exact) mass is 276 g/mol. The van der Waals surface area contributed by atoms with Crippen molar-refractivity contribution in [3.63, 3.8) is 0 Å². The Hall–Kier alpha value is -2.57. The second-order valence-corrected chi connectivity index (χ2v) is 5.13. The van der Waals surface area contributed by atoms with E-state index in [1.54, 1.807) is 30.9 Å². The quantitative estimate of drug-likeness (QED) is 0.502. The van der Waals surface area contributed by atoms with Crippen LogP contribution in [-0.4, -0.2) is 29.8 Å². The summed E-state index contributed by atoms with van der Waals surface area (Å²) in [7, 11) is 0. The highest BCUT2D eigenvalue weighted by Crippen LogP contribution is 2.33. The largest absolute Gasteiger partial charge is 0.396 e. The number of nitrogens with zero attached hydrogens (tertiary/aromatic N) is 1. The molecule has 0 saturated carbocycles. The van der Waals surface area contributed by atoms with Crippen molar-refractivity contribution in [2.75, 3.05) is 17.2 Å². The van der Waals surface area contributed by atoms with Crippen LogP contribution in [0, 0.1) is 0 Å². The van der Waals surface area contributed by atoms with Crippen molar-refractivity contribution in [3.05, 3.63) is 23.8 Å². The molecule has 1 aliphatic rings. The molecule has 0 aliphatic carbocycles. The van der Waals surface area contributed by atoms with Gasteiger partial charge in [0.25, 0.3) is 11.8 Å². The SMILES string of the molecule is CC1(C)C(=O)NC(=O)CN1c1cccc(C(N)=O)c1N. The van der Waals surface area contributed by atoms with Crippen molar-refractivity contribution in [1.29, 1.82) is 0 Å². The minimum Gasteiger partial charge on any atom is -0.396 e. The van der Waals surface area contributed by atoms with Crippen LogP contribution in [0.1, 0.15) is 24.2 Å². The fraction of sp³-hybridized carbons (Fsp3) is 0.308. The number of para-hydroxylation sites is 1. The summed E-state index contributed by atoms with van der Waals surface area (Å²) in [6, 6.07) is 4.76. The number of amides is 3. The van der Waals surface area contributed by atoms with E-state index in [2.05, 4.69) is 5.32 Å². The Labute approximate surface area is 115 Å². The number of anilines is 2. The highest BCUT2D eigenvalue weighted by Gasteiger charge is 2.41. The number of carbonyl (C=O) groups is 3. The van der Waals surface area contributed by atoms with Gasteiger partial charge < -0.3 is 16.4 Å². The molecule has 0 bridgehead atoms. The van der Waals surface area contributed by atoms with E-state index in [0.29, 0.717) is 5.69 Å². The van der Waals surface area contributed by atoms with Gasteiger partial charge in [0.2, 0.25) is 5.91 Å². The average Bonchev–Trinajstić information content (AvgIpc) is 2.34. The van der Waals surface area contributed by atoms with E-state index in [9.17, 15) is 14.4 Å². The van der Waals surface area contributed by atoms with Crippen LogP contribution in [0.25, 0.3) is 0 Å². The van der Waals surface area contributed by atoms with Gasteiger partial charge in [-0.15, -0.1) is 0 Å². The van der Waals surface area contributed by atoms with E-state index in [-0.39, 0.29) is 17.8 Å². The van der Waals surface area contributed by atoms with Gasteiger partial charge in [-0.25, -0.2) is 0 Å². The van der Waals surface area contributed by atoms with E-state index in [1.165, 1.54) is 6.07 Å². The molecule has 1 aromatic rings. The molecule has 2 rings (SSSR count). The van der Waals surface area contributed by atoms with E-state index in [4.69, 9.17) is 11.5 Å². The van der Waals surface area contributed by atoms with Gasteiger partial charge in [-0.3, -0.25) is 19.7 Å². The van der Waals surface area contributed by atoms with Gasteiger partial charge in [0, 0.05) is 0 Å². The number of carbonyl (C=O) groups excluding carboxylic acids is 3. The maximum atomic E-state index is 11.9. The van der Waals surface area contributed by atoms with E-state index < -0.39 is 23.3 Å². The highest BCUT2D eigenvalue weighted by atomic mass is 16.2. The van der Waals surface area contributed by atoms with Gasteiger partial charge in [0.1, 0.15) is 5.54 Å². The van der Waals surface area contributed by atoms with Crippen LogP contribution in [0.15, 0.2) is 18.2 Å². The summed E-state index contributed by atoms with van der Waals surface area (Å²) >= 11 is 0. The number of nitrogens with one attached hydrogen (secondary N) is 1. The van der Waals surface area contributed by atoms with Crippen LogP contribution in [0.2, 0.25) is 0 Å². The van der Waals surface area contributed by atoms with Crippen LogP contribution in [0.3, 0.4) is 0 Å². The molecule has 1 heterocycles.